The Kier molecular flexibility index (Phi) is 5.15. The lowest BCUT2D eigenvalue weighted by atomic mass is 10.1. The molecule has 0 aliphatic carbocycles. The van der Waals surface area contributed by atoms with Crippen LogP contribution in [0.3, 0.4) is 0 Å². The number of anilines is 1. The molecule has 2 aromatic carbocycles. The van der Waals surface area contributed by atoms with Crippen LogP contribution in [0.15, 0.2) is 48.5 Å². The molecule has 1 atom stereocenters. The number of benzene rings is 2. The molecule has 0 spiro atoms. The van der Waals surface area contributed by atoms with Gasteiger partial charge >= 0.3 is 12.2 Å². The van der Waals surface area contributed by atoms with Gasteiger partial charge < -0.3 is 10.2 Å². The van der Waals surface area contributed by atoms with E-state index in [-0.39, 0.29) is 11.4 Å². The summed E-state index contributed by atoms with van der Waals surface area (Å²) >= 11 is 7.55. The number of thioether (sulfide) groups is 1. The first kappa shape index (κ1) is 17.9. The molecular formula is C17H14ClF3N2OS. The van der Waals surface area contributed by atoms with Crippen LogP contribution >= 0.6 is 23.4 Å². The van der Waals surface area contributed by atoms with Crippen LogP contribution < -0.4 is 5.32 Å². The third-order valence-electron chi connectivity index (χ3n) is 3.79. The molecule has 0 saturated carbocycles. The summed E-state index contributed by atoms with van der Waals surface area (Å²) in [6, 6.07) is 11.5. The predicted octanol–water partition coefficient (Wildman–Crippen LogP) is 5.64. The summed E-state index contributed by atoms with van der Waals surface area (Å²) in [6.45, 7) is 0.507. The molecule has 8 heteroatoms. The quantitative estimate of drug-likeness (QED) is 0.724. The summed E-state index contributed by atoms with van der Waals surface area (Å²) in [6.07, 6.45) is -4.37. The van der Waals surface area contributed by atoms with Crippen LogP contribution in [0.2, 0.25) is 5.02 Å². The highest BCUT2D eigenvalue weighted by molar-refractivity contribution is 7.99. The molecule has 0 aromatic heterocycles. The maximum Gasteiger partial charge on any atom is 0.416 e. The Morgan fingerprint density at radius 2 is 1.84 bits per heavy atom. The summed E-state index contributed by atoms with van der Waals surface area (Å²) in [7, 11) is 0. The zero-order valence-electron chi connectivity index (χ0n) is 12.9. The number of hydrogen-bond donors (Lipinski definition) is 1. The van der Waals surface area contributed by atoms with E-state index in [1.807, 2.05) is 0 Å². The van der Waals surface area contributed by atoms with Crippen molar-refractivity contribution < 1.29 is 18.0 Å². The van der Waals surface area contributed by atoms with Gasteiger partial charge in [0.2, 0.25) is 0 Å². The van der Waals surface area contributed by atoms with E-state index in [4.69, 9.17) is 11.6 Å². The van der Waals surface area contributed by atoms with E-state index < -0.39 is 11.7 Å². The van der Waals surface area contributed by atoms with Crippen LogP contribution in [0.4, 0.5) is 23.7 Å². The first-order valence-electron chi connectivity index (χ1n) is 7.47. The van der Waals surface area contributed by atoms with Crippen molar-refractivity contribution in [3.63, 3.8) is 0 Å². The van der Waals surface area contributed by atoms with Crippen molar-refractivity contribution in [1.29, 1.82) is 0 Å². The Hall–Kier alpha value is -1.86. The van der Waals surface area contributed by atoms with Crippen molar-refractivity contribution in [3.05, 3.63) is 64.7 Å². The monoisotopic (exact) mass is 386 g/mol. The number of hydrogen-bond acceptors (Lipinski definition) is 2. The largest absolute Gasteiger partial charge is 0.416 e. The van der Waals surface area contributed by atoms with E-state index in [0.29, 0.717) is 28.6 Å². The number of carbonyl (C=O) groups excluding carboxylic acids is 1. The van der Waals surface area contributed by atoms with Crippen LogP contribution in [0, 0.1) is 0 Å². The number of urea groups is 1. The van der Waals surface area contributed by atoms with Gasteiger partial charge in [0, 0.05) is 12.3 Å². The Bertz CT molecular complexity index is 767. The van der Waals surface area contributed by atoms with Gasteiger partial charge in [0.15, 0.2) is 0 Å². The number of nitrogens with one attached hydrogen (secondary N) is 1. The van der Waals surface area contributed by atoms with Crippen molar-refractivity contribution in [2.24, 2.45) is 0 Å². The Morgan fingerprint density at radius 3 is 2.48 bits per heavy atom. The van der Waals surface area contributed by atoms with Crippen molar-refractivity contribution in [3.8, 4) is 0 Å². The van der Waals surface area contributed by atoms with E-state index in [1.54, 1.807) is 29.2 Å². The summed E-state index contributed by atoms with van der Waals surface area (Å²) in [5.74, 6) is 0.710. The number of alkyl halides is 3. The molecule has 1 heterocycles. The van der Waals surface area contributed by atoms with Crippen LogP contribution in [-0.2, 0) is 6.18 Å². The van der Waals surface area contributed by atoms with Crippen molar-refractivity contribution >= 4 is 35.1 Å². The predicted molar refractivity (Wildman–Crippen MR) is 93.8 cm³/mol. The van der Waals surface area contributed by atoms with E-state index in [1.165, 1.54) is 23.9 Å². The second kappa shape index (κ2) is 7.17. The number of amides is 2. The number of rotatable bonds is 2. The van der Waals surface area contributed by atoms with Gasteiger partial charge in [-0.3, -0.25) is 0 Å². The lowest BCUT2D eigenvalue weighted by Gasteiger charge is -2.25. The molecule has 25 heavy (non-hydrogen) atoms. The van der Waals surface area contributed by atoms with Crippen molar-refractivity contribution in [2.75, 3.05) is 17.6 Å². The highest BCUT2D eigenvalue weighted by atomic mass is 35.5. The molecule has 1 saturated heterocycles. The Morgan fingerprint density at radius 1 is 1.16 bits per heavy atom. The molecule has 0 bridgehead atoms. The van der Waals surface area contributed by atoms with Gasteiger partial charge in [-0.2, -0.15) is 13.2 Å². The first-order valence-corrected chi connectivity index (χ1v) is 8.90. The smallest absolute Gasteiger partial charge is 0.308 e. The van der Waals surface area contributed by atoms with Gasteiger partial charge in [0.05, 0.1) is 16.3 Å². The Labute approximate surface area is 152 Å². The average Bonchev–Trinajstić information content (AvgIpc) is 3.06. The molecule has 2 aromatic rings. The first-order chi connectivity index (χ1) is 11.9. The van der Waals surface area contributed by atoms with Crippen LogP contribution in [0.5, 0.6) is 0 Å². The third-order valence-corrected chi connectivity index (χ3v) is 5.38. The van der Waals surface area contributed by atoms with E-state index in [2.05, 4.69) is 5.32 Å². The van der Waals surface area contributed by atoms with Crippen LogP contribution in [-0.4, -0.2) is 23.2 Å². The van der Waals surface area contributed by atoms with Crippen LogP contribution in [0.25, 0.3) is 0 Å². The highest BCUT2D eigenvalue weighted by Crippen LogP contribution is 2.39. The van der Waals surface area contributed by atoms with Gasteiger partial charge in [-0.15, -0.1) is 11.8 Å². The van der Waals surface area contributed by atoms with E-state index in [0.717, 1.165) is 12.1 Å². The molecule has 1 fully saturated rings. The minimum absolute atomic E-state index is 0.329. The normalized spacial score (nSPS) is 17.6. The second-order valence-corrected chi connectivity index (χ2v) is 7.04. The van der Waals surface area contributed by atoms with Gasteiger partial charge in [0.25, 0.3) is 0 Å². The molecule has 1 aliphatic heterocycles. The third kappa shape index (κ3) is 4.04. The van der Waals surface area contributed by atoms with E-state index in [9.17, 15) is 18.0 Å². The molecule has 3 nitrogen and oxygen atoms in total. The van der Waals surface area contributed by atoms with Gasteiger partial charge in [-0.1, -0.05) is 35.9 Å². The number of halogens is 4. The summed E-state index contributed by atoms with van der Waals surface area (Å²) in [5, 5.41) is 2.85. The summed E-state index contributed by atoms with van der Waals surface area (Å²) in [4.78, 5) is 14.1. The van der Waals surface area contributed by atoms with Crippen molar-refractivity contribution in [1.82, 2.24) is 4.90 Å². The maximum absolute atomic E-state index is 12.7. The second-order valence-electron chi connectivity index (χ2n) is 5.45. The molecule has 1 unspecified atom stereocenters. The molecule has 2 amide bonds. The topological polar surface area (TPSA) is 32.3 Å². The zero-order valence-corrected chi connectivity index (χ0v) is 14.5. The van der Waals surface area contributed by atoms with Gasteiger partial charge in [0.1, 0.15) is 5.37 Å². The van der Waals surface area contributed by atoms with E-state index >= 15 is 0 Å². The number of para-hydroxylation sites is 1. The molecular weight excluding hydrogens is 373 g/mol. The summed E-state index contributed by atoms with van der Waals surface area (Å²) in [5.41, 5.74) is 0.452. The fourth-order valence-electron chi connectivity index (χ4n) is 2.54. The zero-order chi connectivity index (χ0) is 18.0. The highest BCUT2D eigenvalue weighted by Gasteiger charge is 2.33. The fourth-order valence-corrected chi connectivity index (χ4v) is 3.98. The lowest BCUT2D eigenvalue weighted by Crippen LogP contribution is -2.34. The fraction of sp³-hybridized carbons (Fsp3) is 0.235. The SMILES string of the molecule is O=C(Nc1ccccc1Cl)N1CCSC1c1ccc(C(F)(F)F)cc1. The minimum Gasteiger partial charge on any atom is -0.308 e. The maximum atomic E-state index is 12.7. The summed E-state index contributed by atoms with van der Waals surface area (Å²) < 4.78 is 38.1. The lowest BCUT2D eigenvalue weighted by molar-refractivity contribution is -0.137. The van der Waals surface area contributed by atoms with Gasteiger partial charge in [-0.25, -0.2) is 4.79 Å². The molecule has 1 aliphatic rings. The average molecular weight is 387 g/mol. The molecule has 1 N–H and O–H groups in total. The number of nitrogens with zero attached hydrogens (tertiary/aromatic N) is 1. The van der Waals surface area contributed by atoms with Crippen molar-refractivity contribution in [2.45, 2.75) is 11.6 Å². The van der Waals surface area contributed by atoms with Gasteiger partial charge in [-0.05, 0) is 29.8 Å². The number of carbonyl (C=O) groups is 1. The Balaban J connectivity index is 1.76. The molecule has 3 rings (SSSR count). The standard InChI is InChI=1S/C17H14ClF3N2OS/c18-13-3-1-2-4-14(13)22-16(24)23-9-10-25-15(23)11-5-7-12(8-6-11)17(19,20)21/h1-8,15H,9-10H2,(H,22,24). The minimum atomic E-state index is -4.37. The molecule has 132 valence electrons. The van der Waals surface area contributed by atoms with Crippen LogP contribution in [0.1, 0.15) is 16.5 Å². The molecule has 0 radical (unpaired) electrons.